The highest BCUT2D eigenvalue weighted by atomic mass is 19.1. The molecule has 0 aliphatic heterocycles. The Bertz CT molecular complexity index is 301. The van der Waals surface area contributed by atoms with Gasteiger partial charge in [-0.05, 0) is 6.92 Å². The Kier molecular flexibility index (Phi) is 1.81. The summed E-state index contributed by atoms with van der Waals surface area (Å²) in [6.45, 7) is 3.00. The van der Waals surface area contributed by atoms with E-state index in [-0.39, 0.29) is 11.5 Å². The number of ketones is 1. The molecule has 0 saturated heterocycles. The highest BCUT2D eigenvalue weighted by Crippen LogP contribution is 2.13. The molecule has 1 aromatic heterocycles. The molecule has 0 N–H and O–H groups in total. The molecule has 0 aliphatic carbocycles. The van der Waals surface area contributed by atoms with Gasteiger partial charge in [-0.2, -0.15) is 0 Å². The second-order valence-corrected chi connectivity index (χ2v) is 2.64. The van der Waals surface area contributed by atoms with Crippen LogP contribution in [-0.4, -0.2) is 10.4 Å². The Morgan fingerprint density at radius 2 is 2.18 bits per heavy atom. The number of carbonyl (C=O) groups is 1. The van der Waals surface area contributed by atoms with E-state index in [9.17, 15) is 9.18 Å². The van der Waals surface area contributed by atoms with Crippen molar-refractivity contribution in [1.29, 1.82) is 0 Å². The van der Waals surface area contributed by atoms with Crippen molar-refractivity contribution in [1.82, 2.24) is 4.57 Å². The highest BCUT2D eigenvalue weighted by Gasteiger charge is 2.13. The fourth-order valence-corrected chi connectivity index (χ4v) is 1.16. The third-order valence-corrected chi connectivity index (χ3v) is 1.63. The first-order chi connectivity index (χ1) is 5.04. The molecule has 0 fully saturated rings. The lowest BCUT2D eigenvalue weighted by atomic mass is 10.2. The van der Waals surface area contributed by atoms with Crippen LogP contribution in [0.25, 0.3) is 0 Å². The number of rotatable bonds is 1. The fourth-order valence-electron chi connectivity index (χ4n) is 1.16. The molecule has 0 radical (unpaired) electrons. The summed E-state index contributed by atoms with van der Waals surface area (Å²) in [6, 6.07) is 0. The van der Waals surface area contributed by atoms with Gasteiger partial charge < -0.3 is 4.57 Å². The van der Waals surface area contributed by atoms with Crippen molar-refractivity contribution in [2.24, 2.45) is 7.05 Å². The van der Waals surface area contributed by atoms with E-state index in [0.29, 0.717) is 5.56 Å². The first kappa shape index (κ1) is 7.98. The molecule has 0 saturated carbocycles. The van der Waals surface area contributed by atoms with Crippen LogP contribution in [0.3, 0.4) is 0 Å². The normalized spacial score (nSPS) is 10.2. The average Bonchev–Trinajstić information content (AvgIpc) is 2.07. The van der Waals surface area contributed by atoms with E-state index in [1.165, 1.54) is 11.5 Å². The maximum atomic E-state index is 13.0. The number of Topliss-reactive ketones (excluding diaryl/α,β-unsaturated/α-hetero) is 1. The summed E-state index contributed by atoms with van der Waals surface area (Å²) in [5.74, 6) is -0.641. The van der Waals surface area contributed by atoms with E-state index >= 15 is 0 Å². The molecule has 0 amide bonds. The zero-order chi connectivity index (χ0) is 8.59. The van der Waals surface area contributed by atoms with Crippen LogP contribution >= 0.6 is 0 Å². The van der Waals surface area contributed by atoms with Gasteiger partial charge in [-0.3, -0.25) is 4.79 Å². The van der Waals surface area contributed by atoms with Gasteiger partial charge in [0, 0.05) is 25.7 Å². The van der Waals surface area contributed by atoms with Gasteiger partial charge in [-0.25, -0.2) is 4.39 Å². The average molecular weight is 155 g/mol. The quantitative estimate of drug-likeness (QED) is 0.565. The van der Waals surface area contributed by atoms with Crippen LogP contribution in [0.5, 0.6) is 0 Å². The highest BCUT2D eigenvalue weighted by molar-refractivity contribution is 5.93. The summed E-state index contributed by atoms with van der Waals surface area (Å²) in [7, 11) is 1.66. The molecule has 1 heterocycles. The van der Waals surface area contributed by atoms with E-state index < -0.39 is 5.82 Å². The van der Waals surface area contributed by atoms with Crippen molar-refractivity contribution in [3.8, 4) is 0 Å². The Morgan fingerprint density at radius 1 is 1.64 bits per heavy atom. The lowest BCUT2D eigenvalue weighted by Crippen LogP contribution is -2.02. The summed E-state index contributed by atoms with van der Waals surface area (Å²) in [5, 5.41) is 0. The van der Waals surface area contributed by atoms with Gasteiger partial charge in [0.05, 0.1) is 0 Å². The zero-order valence-electron chi connectivity index (χ0n) is 6.81. The molecule has 0 aromatic carbocycles. The summed E-state index contributed by atoms with van der Waals surface area (Å²) < 4.78 is 14.5. The molecule has 1 rings (SSSR count). The first-order valence-corrected chi connectivity index (χ1v) is 3.36. The van der Waals surface area contributed by atoms with Gasteiger partial charge in [-0.15, -0.1) is 0 Å². The second-order valence-electron chi connectivity index (χ2n) is 2.64. The Morgan fingerprint density at radius 3 is 2.36 bits per heavy atom. The molecule has 0 aliphatic rings. The Hall–Kier alpha value is -1.12. The number of aromatic nitrogens is 1. The van der Waals surface area contributed by atoms with E-state index in [0.717, 1.165) is 0 Å². The summed E-state index contributed by atoms with van der Waals surface area (Å²) in [5.41, 5.74) is 0.667. The zero-order valence-corrected chi connectivity index (χ0v) is 6.81. The largest absolute Gasteiger partial charge is 0.345 e. The van der Waals surface area contributed by atoms with Crippen molar-refractivity contribution in [3.05, 3.63) is 23.3 Å². The lowest BCUT2D eigenvalue weighted by molar-refractivity contribution is 0.100. The van der Waals surface area contributed by atoms with E-state index in [1.807, 2.05) is 0 Å². The van der Waals surface area contributed by atoms with Crippen molar-refractivity contribution in [3.63, 3.8) is 0 Å². The number of halogens is 1. The molecule has 11 heavy (non-hydrogen) atoms. The van der Waals surface area contributed by atoms with Crippen LogP contribution in [0, 0.1) is 12.7 Å². The maximum Gasteiger partial charge on any atom is 0.179 e. The van der Waals surface area contributed by atoms with Crippen LogP contribution < -0.4 is 0 Å². The van der Waals surface area contributed by atoms with Crippen molar-refractivity contribution >= 4 is 5.78 Å². The lowest BCUT2D eigenvalue weighted by Gasteiger charge is -1.95. The SMILES string of the molecule is CC(=O)c1c(F)c(C)cn1C. The van der Waals surface area contributed by atoms with Crippen LogP contribution in [0.1, 0.15) is 23.0 Å². The van der Waals surface area contributed by atoms with Gasteiger partial charge in [0.25, 0.3) is 0 Å². The van der Waals surface area contributed by atoms with Crippen LogP contribution in [0.4, 0.5) is 4.39 Å². The third-order valence-electron chi connectivity index (χ3n) is 1.63. The minimum absolute atomic E-state index is 0.155. The molecule has 3 heteroatoms. The monoisotopic (exact) mass is 155 g/mol. The smallest absolute Gasteiger partial charge is 0.179 e. The molecule has 0 atom stereocenters. The fraction of sp³-hybridized carbons (Fsp3) is 0.375. The number of nitrogens with zero attached hydrogens (tertiary/aromatic N) is 1. The molecular weight excluding hydrogens is 145 g/mol. The molecule has 2 nitrogen and oxygen atoms in total. The van der Waals surface area contributed by atoms with Gasteiger partial charge in [0.2, 0.25) is 0 Å². The Balaban J connectivity index is 3.34. The van der Waals surface area contributed by atoms with Gasteiger partial charge >= 0.3 is 0 Å². The molecule has 60 valence electrons. The van der Waals surface area contributed by atoms with Gasteiger partial charge in [-0.1, -0.05) is 0 Å². The van der Waals surface area contributed by atoms with E-state index in [2.05, 4.69) is 0 Å². The second kappa shape index (κ2) is 2.49. The standard InChI is InChI=1S/C8H10FNO/c1-5-4-10(3)8(6(2)11)7(5)9/h4H,1-3H3. The maximum absolute atomic E-state index is 13.0. The van der Waals surface area contributed by atoms with Crippen molar-refractivity contribution in [2.45, 2.75) is 13.8 Å². The summed E-state index contributed by atoms with van der Waals surface area (Å²) in [4.78, 5) is 10.8. The molecule has 1 aromatic rings. The van der Waals surface area contributed by atoms with Crippen LogP contribution in [0.15, 0.2) is 6.20 Å². The number of hydrogen-bond donors (Lipinski definition) is 0. The molecule has 0 unspecified atom stereocenters. The minimum atomic E-state index is -0.403. The van der Waals surface area contributed by atoms with E-state index in [1.54, 1.807) is 20.2 Å². The van der Waals surface area contributed by atoms with Crippen LogP contribution in [-0.2, 0) is 7.05 Å². The number of hydrogen-bond acceptors (Lipinski definition) is 1. The number of carbonyl (C=O) groups excluding carboxylic acids is 1. The van der Waals surface area contributed by atoms with Crippen molar-refractivity contribution in [2.75, 3.05) is 0 Å². The van der Waals surface area contributed by atoms with Crippen LogP contribution in [0.2, 0.25) is 0 Å². The van der Waals surface area contributed by atoms with Gasteiger partial charge in [0.15, 0.2) is 11.6 Å². The molecule has 0 spiro atoms. The molecular formula is C8H10FNO. The topological polar surface area (TPSA) is 22.0 Å². The van der Waals surface area contributed by atoms with Crippen molar-refractivity contribution < 1.29 is 9.18 Å². The summed E-state index contributed by atoms with van der Waals surface area (Å²) in [6.07, 6.45) is 1.60. The van der Waals surface area contributed by atoms with Gasteiger partial charge in [0.1, 0.15) is 5.69 Å². The minimum Gasteiger partial charge on any atom is -0.345 e. The predicted octanol–water partition coefficient (Wildman–Crippen LogP) is 1.68. The predicted molar refractivity (Wildman–Crippen MR) is 40.1 cm³/mol. The summed E-state index contributed by atoms with van der Waals surface area (Å²) >= 11 is 0. The molecule has 0 bridgehead atoms. The first-order valence-electron chi connectivity index (χ1n) is 3.36. The Labute approximate surface area is 64.6 Å². The van der Waals surface area contributed by atoms with E-state index in [4.69, 9.17) is 0 Å². The number of aryl methyl sites for hydroxylation is 2. The third kappa shape index (κ3) is 1.18.